The topological polar surface area (TPSA) is 80.3 Å². The summed E-state index contributed by atoms with van der Waals surface area (Å²) in [5.41, 5.74) is -1.72. The van der Waals surface area contributed by atoms with Crippen LogP contribution in [-0.2, 0) is 17.3 Å². The molecular weight excluding hydrogens is 467 g/mol. The third-order valence-electron chi connectivity index (χ3n) is 3.70. The normalized spacial score (nSPS) is 12.8. The van der Waals surface area contributed by atoms with E-state index in [0.717, 1.165) is 6.07 Å². The summed E-state index contributed by atoms with van der Waals surface area (Å²) in [6.07, 6.45) is -5.52. The van der Waals surface area contributed by atoms with E-state index in [1.807, 2.05) is 0 Å². The predicted molar refractivity (Wildman–Crippen MR) is 108 cm³/mol. The second-order valence-electron chi connectivity index (χ2n) is 7.39. The molecule has 2 amide bonds. The molecule has 0 aliphatic heterocycles. The molecule has 1 aromatic heterocycles. The third-order valence-corrected chi connectivity index (χ3v) is 4.17. The van der Waals surface area contributed by atoms with Crippen LogP contribution in [0.5, 0.6) is 0 Å². The van der Waals surface area contributed by atoms with Crippen LogP contribution in [0.3, 0.4) is 0 Å². The monoisotopic (exact) mass is 487 g/mol. The molecule has 0 aliphatic rings. The van der Waals surface area contributed by atoms with E-state index < -0.39 is 35.5 Å². The van der Waals surface area contributed by atoms with Crippen LogP contribution in [0, 0.1) is 0 Å². The molecule has 6 nitrogen and oxygen atoms in total. The minimum Gasteiger partial charge on any atom is -0.444 e. The number of hydrogen-bond acceptors (Lipinski definition) is 4. The van der Waals surface area contributed by atoms with Gasteiger partial charge in [0, 0.05) is 17.1 Å². The van der Waals surface area contributed by atoms with Crippen LogP contribution >= 0.6 is 15.9 Å². The van der Waals surface area contributed by atoms with Crippen LogP contribution in [0.1, 0.15) is 42.4 Å². The van der Waals surface area contributed by atoms with Gasteiger partial charge < -0.3 is 15.4 Å². The SMILES string of the molecule is CC(C)(C)OC(=O)N[C@H](Cc1ccccc1C(F)(F)F)NC(=O)c1ccc(Br)cn1. The van der Waals surface area contributed by atoms with E-state index in [0.29, 0.717) is 4.47 Å². The van der Waals surface area contributed by atoms with Crippen LogP contribution in [0.4, 0.5) is 18.0 Å². The number of amides is 2. The van der Waals surface area contributed by atoms with Crippen molar-refractivity contribution in [3.8, 4) is 0 Å². The van der Waals surface area contributed by atoms with Crippen molar-refractivity contribution in [2.45, 2.75) is 45.1 Å². The zero-order chi connectivity index (χ0) is 22.5. The first-order valence-electron chi connectivity index (χ1n) is 8.92. The van der Waals surface area contributed by atoms with E-state index in [4.69, 9.17) is 4.74 Å². The van der Waals surface area contributed by atoms with Gasteiger partial charge in [0.1, 0.15) is 17.5 Å². The number of halogens is 4. The molecule has 0 aliphatic carbocycles. The summed E-state index contributed by atoms with van der Waals surface area (Å²) in [7, 11) is 0. The number of nitrogens with zero attached hydrogens (tertiary/aromatic N) is 1. The summed E-state index contributed by atoms with van der Waals surface area (Å²) in [6.45, 7) is 4.93. The summed E-state index contributed by atoms with van der Waals surface area (Å²) in [6, 6.07) is 7.99. The number of nitrogens with one attached hydrogen (secondary N) is 2. The van der Waals surface area contributed by atoms with E-state index in [-0.39, 0.29) is 17.7 Å². The Labute approximate surface area is 180 Å². The molecule has 0 saturated heterocycles. The number of ether oxygens (including phenoxy) is 1. The highest BCUT2D eigenvalue weighted by Crippen LogP contribution is 2.32. The van der Waals surface area contributed by atoms with Gasteiger partial charge in [0.05, 0.1) is 5.56 Å². The summed E-state index contributed by atoms with van der Waals surface area (Å²) in [5.74, 6) is -0.659. The first kappa shape index (κ1) is 23.7. The van der Waals surface area contributed by atoms with Gasteiger partial charge >= 0.3 is 12.3 Å². The number of pyridine rings is 1. The van der Waals surface area contributed by atoms with Gasteiger partial charge in [-0.3, -0.25) is 4.79 Å². The van der Waals surface area contributed by atoms with Gasteiger partial charge in [-0.25, -0.2) is 9.78 Å². The minimum absolute atomic E-state index is 0.0401. The number of rotatable bonds is 5. The Kier molecular flexibility index (Phi) is 7.46. The molecule has 0 bridgehead atoms. The van der Waals surface area contributed by atoms with Crippen molar-refractivity contribution in [1.29, 1.82) is 0 Å². The zero-order valence-electron chi connectivity index (χ0n) is 16.5. The van der Waals surface area contributed by atoms with Crippen molar-refractivity contribution in [1.82, 2.24) is 15.6 Å². The fourth-order valence-corrected chi connectivity index (χ4v) is 2.76. The Balaban J connectivity index is 2.26. The molecule has 1 heterocycles. The molecule has 1 aromatic carbocycles. The molecule has 10 heteroatoms. The van der Waals surface area contributed by atoms with Crippen molar-refractivity contribution in [3.63, 3.8) is 0 Å². The zero-order valence-corrected chi connectivity index (χ0v) is 18.1. The average molecular weight is 488 g/mol. The number of aromatic nitrogens is 1. The first-order valence-corrected chi connectivity index (χ1v) is 9.71. The van der Waals surface area contributed by atoms with Crippen molar-refractivity contribution >= 4 is 27.9 Å². The maximum atomic E-state index is 13.3. The summed E-state index contributed by atoms with van der Waals surface area (Å²) in [4.78, 5) is 28.6. The molecule has 2 N–H and O–H groups in total. The maximum absolute atomic E-state index is 13.3. The molecule has 0 spiro atoms. The van der Waals surface area contributed by atoms with Gasteiger partial charge in [-0.1, -0.05) is 18.2 Å². The fourth-order valence-electron chi connectivity index (χ4n) is 2.53. The second-order valence-corrected chi connectivity index (χ2v) is 8.31. The van der Waals surface area contributed by atoms with Gasteiger partial charge in [-0.05, 0) is 60.5 Å². The van der Waals surface area contributed by atoms with Crippen molar-refractivity contribution < 1.29 is 27.5 Å². The van der Waals surface area contributed by atoms with Crippen molar-refractivity contribution in [2.75, 3.05) is 0 Å². The smallest absolute Gasteiger partial charge is 0.416 e. The van der Waals surface area contributed by atoms with Gasteiger partial charge in [-0.2, -0.15) is 13.2 Å². The van der Waals surface area contributed by atoms with E-state index in [1.54, 1.807) is 26.8 Å². The molecule has 2 aromatic rings. The molecule has 0 fully saturated rings. The minimum atomic E-state index is -4.58. The lowest BCUT2D eigenvalue weighted by molar-refractivity contribution is -0.138. The molecule has 2 rings (SSSR count). The average Bonchev–Trinajstić information content (AvgIpc) is 2.60. The van der Waals surface area contributed by atoms with E-state index in [9.17, 15) is 22.8 Å². The molecule has 0 radical (unpaired) electrons. The van der Waals surface area contributed by atoms with Crippen LogP contribution < -0.4 is 10.6 Å². The van der Waals surface area contributed by atoms with E-state index in [2.05, 4.69) is 31.5 Å². The Morgan fingerprint density at radius 2 is 1.77 bits per heavy atom. The highest BCUT2D eigenvalue weighted by Gasteiger charge is 2.34. The van der Waals surface area contributed by atoms with Crippen LogP contribution in [0.15, 0.2) is 47.1 Å². The molecule has 0 saturated carbocycles. The summed E-state index contributed by atoms with van der Waals surface area (Å²) >= 11 is 3.20. The molecule has 30 heavy (non-hydrogen) atoms. The second kappa shape index (κ2) is 9.46. The Hall–Kier alpha value is -2.62. The largest absolute Gasteiger partial charge is 0.444 e. The number of benzene rings is 1. The predicted octanol–water partition coefficient (Wildman–Crippen LogP) is 4.69. The number of hydrogen-bond donors (Lipinski definition) is 2. The van der Waals surface area contributed by atoms with Crippen molar-refractivity contribution in [2.24, 2.45) is 0 Å². The molecule has 162 valence electrons. The van der Waals surface area contributed by atoms with Crippen LogP contribution in [0.25, 0.3) is 0 Å². The Morgan fingerprint density at radius 3 is 2.33 bits per heavy atom. The first-order chi connectivity index (χ1) is 13.8. The van der Waals surface area contributed by atoms with E-state index >= 15 is 0 Å². The molecule has 0 unspecified atom stereocenters. The lowest BCUT2D eigenvalue weighted by Crippen LogP contribution is -2.50. The Morgan fingerprint density at radius 1 is 1.10 bits per heavy atom. The highest BCUT2D eigenvalue weighted by molar-refractivity contribution is 9.10. The third kappa shape index (κ3) is 7.33. The highest BCUT2D eigenvalue weighted by atomic mass is 79.9. The lowest BCUT2D eigenvalue weighted by Gasteiger charge is -2.25. The number of carbonyl (C=O) groups excluding carboxylic acids is 2. The van der Waals surface area contributed by atoms with Gasteiger partial charge in [0.15, 0.2) is 0 Å². The standard InChI is InChI=1S/C20H21BrF3N3O3/c1-19(2,3)30-18(29)27-16(26-17(28)15-9-8-13(21)11-25-15)10-12-6-4-5-7-14(12)20(22,23)24/h4-9,11,16H,10H2,1-3H3,(H,26,28)(H,27,29)/t16-/m1/s1. The maximum Gasteiger partial charge on any atom is 0.416 e. The fraction of sp³-hybridized carbons (Fsp3) is 0.350. The van der Waals surface area contributed by atoms with Crippen LogP contribution in [0.2, 0.25) is 0 Å². The van der Waals surface area contributed by atoms with Gasteiger partial charge in [-0.15, -0.1) is 0 Å². The molecule has 1 atom stereocenters. The quantitative estimate of drug-likeness (QED) is 0.599. The summed E-state index contributed by atoms with van der Waals surface area (Å²) < 4.78 is 45.8. The van der Waals surface area contributed by atoms with Crippen molar-refractivity contribution in [3.05, 3.63) is 63.9 Å². The van der Waals surface area contributed by atoms with E-state index in [1.165, 1.54) is 30.5 Å². The van der Waals surface area contributed by atoms with Crippen LogP contribution in [-0.4, -0.2) is 28.8 Å². The number of alkyl carbamates (subject to hydrolysis) is 1. The number of carbonyl (C=O) groups is 2. The molecular formula is C20H21BrF3N3O3. The van der Waals surface area contributed by atoms with Gasteiger partial charge in [0.25, 0.3) is 5.91 Å². The van der Waals surface area contributed by atoms with Gasteiger partial charge in [0.2, 0.25) is 0 Å². The summed E-state index contributed by atoms with van der Waals surface area (Å²) in [5, 5.41) is 4.92. The lowest BCUT2D eigenvalue weighted by atomic mass is 10.0. The Bertz CT molecular complexity index is 897. The number of alkyl halides is 3.